The number of amides is 1. The van der Waals surface area contributed by atoms with E-state index in [9.17, 15) is 18.4 Å². The van der Waals surface area contributed by atoms with Crippen molar-refractivity contribution in [3.63, 3.8) is 0 Å². The minimum atomic E-state index is -0.747. The quantitative estimate of drug-likeness (QED) is 0.708. The molecule has 3 rings (SSSR count). The molecule has 0 spiro atoms. The summed E-state index contributed by atoms with van der Waals surface area (Å²) in [6, 6.07) is 11.8. The van der Waals surface area contributed by atoms with Crippen LogP contribution in [0.5, 0.6) is 5.75 Å². The Morgan fingerprint density at radius 1 is 1.14 bits per heavy atom. The first-order valence-electron chi connectivity index (χ1n) is 8.38. The molecule has 1 aromatic heterocycles. The Morgan fingerprint density at radius 2 is 1.82 bits per heavy atom. The Hall–Kier alpha value is -3.55. The summed E-state index contributed by atoms with van der Waals surface area (Å²) in [6.45, 7) is -0.631. The second-order valence-corrected chi connectivity index (χ2v) is 5.95. The number of nitrogens with zero attached hydrogens (tertiary/aromatic N) is 2. The lowest BCUT2D eigenvalue weighted by Gasteiger charge is -2.09. The van der Waals surface area contributed by atoms with E-state index in [1.165, 1.54) is 18.5 Å². The fourth-order valence-corrected chi connectivity index (χ4v) is 2.56. The molecule has 0 fully saturated rings. The number of benzene rings is 2. The van der Waals surface area contributed by atoms with Gasteiger partial charge in [0.05, 0.1) is 19.1 Å². The maximum absolute atomic E-state index is 13.6. The molecule has 1 N–H and O–H groups in total. The fourth-order valence-electron chi connectivity index (χ4n) is 2.56. The number of carbonyl (C=O) groups is 1. The van der Waals surface area contributed by atoms with Gasteiger partial charge < -0.3 is 10.1 Å². The molecule has 0 aliphatic heterocycles. The normalized spacial score (nSPS) is 10.5. The van der Waals surface area contributed by atoms with Gasteiger partial charge in [-0.05, 0) is 36.4 Å². The number of methoxy groups -OCH3 is 1. The topological polar surface area (TPSA) is 73.2 Å². The number of hydrogen-bond acceptors (Lipinski definition) is 4. The SMILES string of the molecule is COc1ccc(-c2cc(=O)n(CC(=O)NCc3c(F)cccc3F)cn2)cc1. The number of aromatic nitrogens is 2. The van der Waals surface area contributed by atoms with Gasteiger partial charge in [-0.2, -0.15) is 0 Å². The molecule has 8 heteroatoms. The average molecular weight is 385 g/mol. The minimum absolute atomic E-state index is 0.240. The van der Waals surface area contributed by atoms with E-state index in [-0.39, 0.29) is 18.7 Å². The predicted molar refractivity (Wildman–Crippen MR) is 98.7 cm³/mol. The van der Waals surface area contributed by atoms with Crippen LogP contribution in [0, 0.1) is 11.6 Å². The van der Waals surface area contributed by atoms with Crippen molar-refractivity contribution < 1.29 is 18.3 Å². The van der Waals surface area contributed by atoms with Gasteiger partial charge in [-0.3, -0.25) is 14.2 Å². The summed E-state index contributed by atoms with van der Waals surface area (Å²) in [5, 5.41) is 2.39. The lowest BCUT2D eigenvalue weighted by atomic mass is 10.1. The first kappa shape index (κ1) is 19.2. The van der Waals surface area contributed by atoms with E-state index in [0.717, 1.165) is 22.3 Å². The number of carbonyl (C=O) groups excluding carboxylic acids is 1. The van der Waals surface area contributed by atoms with E-state index in [4.69, 9.17) is 4.74 Å². The molecule has 144 valence electrons. The second kappa shape index (κ2) is 8.43. The summed E-state index contributed by atoms with van der Waals surface area (Å²) in [5.74, 6) is -1.38. The number of nitrogens with one attached hydrogen (secondary N) is 1. The third kappa shape index (κ3) is 4.40. The first-order chi connectivity index (χ1) is 13.5. The summed E-state index contributed by atoms with van der Waals surface area (Å²) in [5.41, 5.74) is 0.520. The Morgan fingerprint density at radius 3 is 2.43 bits per heavy atom. The van der Waals surface area contributed by atoms with Crippen molar-refractivity contribution in [2.24, 2.45) is 0 Å². The van der Waals surface area contributed by atoms with Crippen LogP contribution in [0.25, 0.3) is 11.3 Å². The molecule has 0 unspecified atom stereocenters. The van der Waals surface area contributed by atoms with Gasteiger partial charge >= 0.3 is 0 Å². The molecule has 0 saturated heterocycles. The van der Waals surface area contributed by atoms with Gasteiger partial charge in [0.2, 0.25) is 5.91 Å². The monoisotopic (exact) mass is 385 g/mol. The zero-order chi connectivity index (χ0) is 20.1. The van der Waals surface area contributed by atoms with Crippen molar-refractivity contribution in [1.29, 1.82) is 0 Å². The molecule has 28 heavy (non-hydrogen) atoms. The largest absolute Gasteiger partial charge is 0.497 e. The van der Waals surface area contributed by atoms with Gasteiger partial charge in [-0.1, -0.05) is 6.07 Å². The van der Waals surface area contributed by atoms with E-state index in [0.29, 0.717) is 11.4 Å². The molecule has 6 nitrogen and oxygen atoms in total. The summed E-state index contributed by atoms with van der Waals surface area (Å²) in [6.07, 6.45) is 1.26. The number of ether oxygens (including phenoxy) is 1. The smallest absolute Gasteiger partial charge is 0.254 e. The molecule has 3 aromatic rings. The number of halogens is 2. The first-order valence-corrected chi connectivity index (χ1v) is 8.38. The minimum Gasteiger partial charge on any atom is -0.497 e. The van der Waals surface area contributed by atoms with Crippen molar-refractivity contribution >= 4 is 5.91 Å². The summed E-state index contributed by atoms with van der Waals surface area (Å²) >= 11 is 0. The van der Waals surface area contributed by atoms with Crippen LogP contribution in [0.1, 0.15) is 5.56 Å². The van der Waals surface area contributed by atoms with Crippen molar-refractivity contribution in [2.75, 3.05) is 7.11 Å². The number of rotatable bonds is 6. The van der Waals surface area contributed by atoms with Crippen LogP contribution in [0.3, 0.4) is 0 Å². The van der Waals surface area contributed by atoms with Crippen LogP contribution in [0.4, 0.5) is 8.78 Å². The van der Waals surface area contributed by atoms with E-state index < -0.39 is 23.1 Å². The zero-order valence-electron chi connectivity index (χ0n) is 15.0. The molecule has 1 heterocycles. The molecular formula is C20H17F2N3O3. The van der Waals surface area contributed by atoms with Crippen LogP contribution in [-0.4, -0.2) is 22.6 Å². The Labute approximate surface area is 159 Å². The summed E-state index contributed by atoms with van der Waals surface area (Å²) in [7, 11) is 1.56. The average Bonchev–Trinajstić information content (AvgIpc) is 2.69. The molecule has 2 aromatic carbocycles. The molecule has 1 amide bonds. The highest BCUT2D eigenvalue weighted by molar-refractivity contribution is 5.75. The molecular weight excluding hydrogens is 368 g/mol. The van der Waals surface area contributed by atoms with Gasteiger partial charge in [0, 0.05) is 23.7 Å². The van der Waals surface area contributed by atoms with E-state index in [1.807, 2.05) is 0 Å². The third-order valence-electron chi connectivity index (χ3n) is 4.10. The molecule has 0 bridgehead atoms. The molecule has 0 aliphatic carbocycles. The van der Waals surface area contributed by atoms with Gasteiger partial charge in [-0.25, -0.2) is 13.8 Å². The lowest BCUT2D eigenvalue weighted by Crippen LogP contribution is -2.32. The van der Waals surface area contributed by atoms with Gasteiger partial charge in [-0.15, -0.1) is 0 Å². The van der Waals surface area contributed by atoms with E-state index in [2.05, 4.69) is 10.3 Å². The number of hydrogen-bond donors (Lipinski definition) is 1. The van der Waals surface area contributed by atoms with Crippen molar-refractivity contribution in [1.82, 2.24) is 14.9 Å². The van der Waals surface area contributed by atoms with E-state index >= 15 is 0 Å². The molecule has 0 radical (unpaired) electrons. The van der Waals surface area contributed by atoms with Crippen LogP contribution < -0.4 is 15.6 Å². The van der Waals surface area contributed by atoms with Crippen LogP contribution in [-0.2, 0) is 17.9 Å². The van der Waals surface area contributed by atoms with Gasteiger partial charge in [0.25, 0.3) is 5.56 Å². The highest BCUT2D eigenvalue weighted by atomic mass is 19.1. The summed E-state index contributed by atoms with van der Waals surface area (Å²) in [4.78, 5) is 28.5. The van der Waals surface area contributed by atoms with Crippen LogP contribution in [0.15, 0.2) is 59.7 Å². The molecule has 0 aliphatic rings. The maximum atomic E-state index is 13.6. The Balaban J connectivity index is 1.67. The van der Waals surface area contributed by atoms with E-state index in [1.54, 1.807) is 31.4 Å². The second-order valence-electron chi connectivity index (χ2n) is 5.95. The van der Waals surface area contributed by atoms with Crippen LogP contribution in [0.2, 0.25) is 0 Å². The molecule has 0 saturated carbocycles. The summed E-state index contributed by atoms with van der Waals surface area (Å²) < 4.78 is 33.4. The predicted octanol–water partition coefficient (Wildman–Crippen LogP) is 2.51. The van der Waals surface area contributed by atoms with Gasteiger partial charge in [0.1, 0.15) is 23.9 Å². The Bertz CT molecular complexity index is 1030. The zero-order valence-corrected chi connectivity index (χ0v) is 15.0. The van der Waals surface area contributed by atoms with Crippen molar-refractivity contribution in [3.8, 4) is 17.0 Å². The Kier molecular flexibility index (Phi) is 5.78. The fraction of sp³-hybridized carbons (Fsp3) is 0.150. The molecule has 0 atom stereocenters. The highest BCUT2D eigenvalue weighted by Crippen LogP contribution is 2.19. The van der Waals surface area contributed by atoms with Crippen molar-refractivity contribution in [3.05, 3.63) is 82.4 Å². The maximum Gasteiger partial charge on any atom is 0.254 e. The lowest BCUT2D eigenvalue weighted by molar-refractivity contribution is -0.121. The van der Waals surface area contributed by atoms with Crippen LogP contribution >= 0.6 is 0 Å². The van der Waals surface area contributed by atoms with Gasteiger partial charge in [0.15, 0.2) is 0 Å². The highest BCUT2D eigenvalue weighted by Gasteiger charge is 2.11. The third-order valence-corrected chi connectivity index (χ3v) is 4.10. The van der Waals surface area contributed by atoms with Crippen molar-refractivity contribution in [2.45, 2.75) is 13.1 Å². The standard InChI is InChI=1S/C20H17F2N3O3/c1-28-14-7-5-13(6-8-14)18-9-20(27)25(12-24-18)11-19(26)23-10-15-16(21)3-2-4-17(15)22/h2-9,12H,10-11H2,1H3,(H,23,26).